The zero-order valence-corrected chi connectivity index (χ0v) is 13.2. The second-order valence-electron chi connectivity index (χ2n) is 4.91. The molecule has 0 N–H and O–H groups in total. The van der Waals surface area contributed by atoms with E-state index >= 15 is 0 Å². The first kappa shape index (κ1) is 15.5. The van der Waals surface area contributed by atoms with Crippen molar-refractivity contribution in [2.24, 2.45) is 0 Å². The lowest BCUT2D eigenvalue weighted by Gasteiger charge is -2.19. The fourth-order valence-corrected chi connectivity index (χ4v) is 3.63. The van der Waals surface area contributed by atoms with E-state index in [9.17, 15) is 4.79 Å². The first-order valence-corrected chi connectivity index (χ1v) is 10.3. The molecule has 0 aromatic heterocycles. The molecule has 1 rings (SSSR count). The minimum atomic E-state index is -1.47. The van der Waals surface area contributed by atoms with Crippen molar-refractivity contribution < 1.29 is 14.0 Å². The Morgan fingerprint density at radius 3 is 2.89 bits per heavy atom. The van der Waals surface area contributed by atoms with Gasteiger partial charge in [-0.15, -0.1) is 0 Å². The predicted molar refractivity (Wildman–Crippen MR) is 79.6 cm³/mol. The lowest BCUT2D eigenvalue weighted by Crippen LogP contribution is -2.28. The van der Waals surface area contributed by atoms with Gasteiger partial charge < -0.3 is 9.16 Å². The van der Waals surface area contributed by atoms with E-state index in [0.717, 1.165) is 30.2 Å². The van der Waals surface area contributed by atoms with E-state index < -0.39 is 8.32 Å². The zero-order valence-electron chi connectivity index (χ0n) is 11.4. The number of thioether (sulfide) groups is 1. The summed E-state index contributed by atoms with van der Waals surface area (Å²) in [6.45, 7) is 4.81. The molecule has 0 unspecified atom stereocenters. The van der Waals surface area contributed by atoms with Gasteiger partial charge >= 0.3 is 5.30 Å². The number of rotatable bonds is 7. The molecule has 0 aromatic rings. The molecule has 0 heterocycles. The molecule has 1 aliphatic carbocycles. The summed E-state index contributed by atoms with van der Waals surface area (Å²) in [5.74, 6) is 0.815. The summed E-state index contributed by atoms with van der Waals surface area (Å²) in [5.41, 5.74) is 1.16. The van der Waals surface area contributed by atoms with Crippen LogP contribution in [-0.2, 0) is 9.16 Å². The van der Waals surface area contributed by atoms with Gasteiger partial charge in [0.25, 0.3) is 0 Å². The Balaban J connectivity index is 2.03. The molecule has 0 spiro atoms. The topological polar surface area (TPSA) is 35.5 Å². The van der Waals surface area contributed by atoms with Crippen LogP contribution in [0.15, 0.2) is 23.8 Å². The Hall–Kier alpha value is -0.523. The normalized spacial score (nSPS) is 14.7. The van der Waals surface area contributed by atoms with Gasteiger partial charge in [-0.1, -0.05) is 18.2 Å². The van der Waals surface area contributed by atoms with Gasteiger partial charge in [-0.3, -0.25) is 0 Å². The third-order valence-electron chi connectivity index (χ3n) is 2.92. The van der Waals surface area contributed by atoms with Crippen molar-refractivity contribution in [3.63, 3.8) is 0 Å². The SMILES string of the molecule is CO[Si](C)(C)CCCSC(=O)OCC1=CC=CC1. The van der Waals surface area contributed by atoms with Crippen LogP contribution in [0.25, 0.3) is 0 Å². The summed E-state index contributed by atoms with van der Waals surface area (Å²) in [6.07, 6.45) is 7.98. The van der Waals surface area contributed by atoms with Gasteiger partial charge in [0.2, 0.25) is 0 Å². The molecule has 0 saturated heterocycles. The number of carbonyl (C=O) groups is 1. The average Bonchev–Trinajstić information content (AvgIpc) is 2.85. The Morgan fingerprint density at radius 1 is 1.50 bits per heavy atom. The Bertz CT molecular complexity index is 337. The quantitative estimate of drug-likeness (QED) is 0.403. The van der Waals surface area contributed by atoms with Gasteiger partial charge in [0.15, 0.2) is 8.32 Å². The van der Waals surface area contributed by atoms with Gasteiger partial charge in [0.05, 0.1) is 0 Å². The number of carbonyl (C=O) groups excluding carboxylic acids is 1. The highest BCUT2D eigenvalue weighted by molar-refractivity contribution is 8.13. The number of hydrogen-bond donors (Lipinski definition) is 0. The molecule has 0 aromatic carbocycles. The monoisotopic (exact) mass is 286 g/mol. The second-order valence-corrected chi connectivity index (χ2v) is 10.4. The van der Waals surface area contributed by atoms with Crippen molar-refractivity contribution in [3.8, 4) is 0 Å². The van der Waals surface area contributed by atoms with E-state index in [4.69, 9.17) is 9.16 Å². The third kappa shape index (κ3) is 6.42. The minimum Gasteiger partial charge on any atom is -0.453 e. The Kier molecular flexibility index (Phi) is 6.74. The van der Waals surface area contributed by atoms with Crippen molar-refractivity contribution in [1.82, 2.24) is 0 Å². The van der Waals surface area contributed by atoms with E-state index in [1.807, 2.05) is 12.2 Å². The number of allylic oxidation sites excluding steroid dienone is 3. The van der Waals surface area contributed by atoms with Crippen LogP contribution in [0, 0.1) is 0 Å². The largest absolute Gasteiger partial charge is 0.453 e. The molecular weight excluding hydrogens is 264 g/mol. The highest BCUT2D eigenvalue weighted by Crippen LogP contribution is 2.17. The van der Waals surface area contributed by atoms with Gasteiger partial charge in [0, 0.05) is 12.9 Å². The standard InChI is InChI=1S/C13H22O3SSi/c1-15-18(2,3)10-6-9-17-13(14)16-11-12-7-4-5-8-12/h4-5,7H,6,8-11H2,1-3H3. The molecule has 18 heavy (non-hydrogen) atoms. The van der Waals surface area contributed by atoms with Crippen molar-refractivity contribution in [2.75, 3.05) is 19.5 Å². The van der Waals surface area contributed by atoms with Crippen molar-refractivity contribution in [1.29, 1.82) is 0 Å². The van der Waals surface area contributed by atoms with Crippen LogP contribution in [0.5, 0.6) is 0 Å². The first-order chi connectivity index (χ1) is 8.53. The lowest BCUT2D eigenvalue weighted by molar-refractivity contribution is 0.184. The molecule has 0 saturated carbocycles. The van der Waals surface area contributed by atoms with E-state index in [-0.39, 0.29) is 5.30 Å². The Morgan fingerprint density at radius 2 is 2.28 bits per heavy atom. The third-order valence-corrected chi connectivity index (χ3v) is 6.43. The van der Waals surface area contributed by atoms with Crippen molar-refractivity contribution in [2.45, 2.75) is 32.0 Å². The lowest BCUT2D eigenvalue weighted by atomic mass is 10.2. The summed E-state index contributed by atoms with van der Waals surface area (Å²) in [4.78, 5) is 11.5. The first-order valence-electron chi connectivity index (χ1n) is 6.23. The van der Waals surface area contributed by atoms with Crippen LogP contribution in [0.3, 0.4) is 0 Å². The van der Waals surface area contributed by atoms with Crippen LogP contribution < -0.4 is 0 Å². The summed E-state index contributed by atoms with van der Waals surface area (Å²) in [7, 11) is 0.303. The fourth-order valence-electron chi connectivity index (χ4n) is 1.55. The van der Waals surface area contributed by atoms with Crippen LogP contribution >= 0.6 is 11.8 Å². The molecule has 0 aliphatic heterocycles. The van der Waals surface area contributed by atoms with E-state index in [1.54, 1.807) is 7.11 Å². The van der Waals surface area contributed by atoms with Crippen molar-refractivity contribution in [3.05, 3.63) is 23.8 Å². The summed E-state index contributed by atoms with van der Waals surface area (Å²) < 4.78 is 10.6. The Labute approximate surface area is 115 Å². The molecular formula is C13H22O3SSi. The van der Waals surface area contributed by atoms with E-state index in [1.165, 1.54) is 11.8 Å². The fraction of sp³-hybridized carbons (Fsp3) is 0.615. The summed E-state index contributed by atoms with van der Waals surface area (Å²) in [6, 6.07) is 1.08. The van der Waals surface area contributed by atoms with Gasteiger partial charge in [0.1, 0.15) is 6.61 Å². The highest BCUT2D eigenvalue weighted by Gasteiger charge is 2.19. The minimum absolute atomic E-state index is 0.167. The van der Waals surface area contributed by atoms with Gasteiger partial charge in [-0.2, -0.15) is 0 Å². The summed E-state index contributed by atoms with van der Waals surface area (Å²) >= 11 is 1.27. The zero-order chi connectivity index (χ0) is 13.4. The van der Waals surface area contributed by atoms with Crippen molar-refractivity contribution >= 4 is 25.4 Å². The van der Waals surface area contributed by atoms with Crippen LogP contribution in [0.4, 0.5) is 4.79 Å². The summed E-state index contributed by atoms with van der Waals surface area (Å²) in [5, 5.41) is -0.167. The maximum Gasteiger partial charge on any atom is 0.367 e. The molecule has 0 radical (unpaired) electrons. The molecule has 0 atom stereocenters. The molecule has 0 fully saturated rings. The molecule has 0 bridgehead atoms. The van der Waals surface area contributed by atoms with Gasteiger partial charge in [-0.05, 0) is 49.3 Å². The second kappa shape index (κ2) is 7.81. The van der Waals surface area contributed by atoms with E-state index in [2.05, 4.69) is 19.2 Å². The molecule has 102 valence electrons. The van der Waals surface area contributed by atoms with Crippen LogP contribution in [0.1, 0.15) is 12.8 Å². The maximum absolute atomic E-state index is 11.5. The van der Waals surface area contributed by atoms with Gasteiger partial charge in [-0.25, -0.2) is 4.79 Å². The molecule has 3 nitrogen and oxygen atoms in total. The molecule has 0 amide bonds. The van der Waals surface area contributed by atoms with Crippen LogP contribution in [0.2, 0.25) is 19.1 Å². The average molecular weight is 286 g/mol. The number of ether oxygens (including phenoxy) is 1. The number of hydrogen-bond acceptors (Lipinski definition) is 4. The predicted octanol–water partition coefficient (Wildman–Crippen LogP) is 3.98. The smallest absolute Gasteiger partial charge is 0.367 e. The molecule has 1 aliphatic rings. The maximum atomic E-state index is 11.5. The molecule has 5 heteroatoms. The highest BCUT2D eigenvalue weighted by atomic mass is 32.2. The van der Waals surface area contributed by atoms with Crippen LogP contribution in [-0.4, -0.2) is 33.1 Å². The van der Waals surface area contributed by atoms with E-state index in [0.29, 0.717) is 6.61 Å².